The highest BCUT2D eigenvalue weighted by molar-refractivity contribution is 7.94. The van der Waals surface area contributed by atoms with E-state index in [4.69, 9.17) is 0 Å². The quantitative estimate of drug-likeness (QED) is 0.866. The van der Waals surface area contributed by atoms with E-state index in [1.54, 1.807) is 6.07 Å². The van der Waals surface area contributed by atoms with Crippen molar-refractivity contribution in [2.45, 2.75) is 36.4 Å². The molecule has 1 fully saturated rings. The average Bonchev–Trinajstić information content (AvgIpc) is 2.92. The molecule has 3 rings (SSSR count). The first-order valence-corrected chi connectivity index (χ1v) is 9.64. The maximum absolute atomic E-state index is 12.4. The Balaban J connectivity index is 1.81. The lowest BCUT2D eigenvalue weighted by molar-refractivity contribution is -0.121. The van der Waals surface area contributed by atoms with Crippen molar-refractivity contribution in [2.24, 2.45) is 5.92 Å². The molecule has 0 N–H and O–H groups in total. The van der Waals surface area contributed by atoms with Crippen molar-refractivity contribution in [2.75, 3.05) is 5.75 Å². The number of ketones is 1. The Morgan fingerprint density at radius 1 is 1.19 bits per heavy atom. The molecule has 4 nitrogen and oxygen atoms in total. The molecule has 1 heterocycles. The molecule has 1 saturated carbocycles. The number of hydrogen-bond acceptors (Lipinski definition) is 5. The van der Waals surface area contributed by atoms with E-state index in [2.05, 4.69) is 4.98 Å². The molecule has 0 unspecified atom stereocenters. The molecular formula is C15H17NO3S2. The molecule has 0 atom stereocenters. The molecule has 1 aromatic carbocycles. The van der Waals surface area contributed by atoms with Crippen molar-refractivity contribution in [3.8, 4) is 0 Å². The summed E-state index contributed by atoms with van der Waals surface area (Å²) in [6.07, 6.45) is 4.85. The third-order valence-corrected chi connectivity index (χ3v) is 7.06. The number of aromatic nitrogens is 1. The number of hydrogen-bond donors (Lipinski definition) is 0. The zero-order valence-electron chi connectivity index (χ0n) is 11.6. The second-order valence-electron chi connectivity index (χ2n) is 5.51. The van der Waals surface area contributed by atoms with E-state index >= 15 is 0 Å². The minimum absolute atomic E-state index is 0.0628. The summed E-state index contributed by atoms with van der Waals surface area (Å²) in [5.74, 6) is -0.630. The van der Waals surface area contributed by atoms with Gasteiger partial charge in [-0.3, -0.25) is 4.79 Å². The van der Waals surface area contributed by atoms with Gasteiger partial charge >= 0.3 is 0 Å². The highest BCUT2D eigenvalue weighted by Crippen LogP contribution is 2.28. The van der Waals surface area contributed by atoms with Gasteiger partial charge in [-0.25, -0.2) is 13.4 Å². The van der Waals surface area contributed by atoms with Gasteiger partial charge in [0, 0.05) is 5.92 Å². The monoisotopic (exact) mass is 323 g/mol. The van der Waals surface area contributed by atoms with Crippen LogP contribution in [-0.2, 0) is 14.6 Å². The fourth-order valence-electron chi connectivity index (χ4n) is 2.78. The molecule has 0 spiro atoms. The fraction of sp³-hybridized carbons (Fsp3) is 0.467. The highest BCUT2D eigenvalue weighted by atomic mass is 32.2. The minimum Gasteiger partial charge on any atom is -0.298 e. The van der Waals surface area contributed by atoms with Crippen LogP contribution in [0.1, 0.15) is 32.1 Å². The van der Waals surface area contributed by atoms with E-state index in [1.807, 2.05) is 18.2 Å². The first-order valence-electron chi connectivity index (χ1n) is 7.17. The number of carbonyl (C=O) groups excluding carboxylic acids is 1. The number of nitrogens with zero attached hydrogens (tertiary/aromatic N) is 1. The van der Waals surface area contributed by atoms with Crippen LogP contribution in [0, 0.1) is 5.92 Å². The highest BCUT2D eigenvalue weighted by Gasteiger charge is 2.28. The van der Waals surface area contributed by atoms with E-state index < -0.39 is 15.6 Å². The number of carbonyl (C=O) groups is 1. The second kappa shape index (κ2) is 5.85. The van der Waals surface area contributed by atoms with Crippen molar-refractivity contribution in [1.29, 1.82) is 0 Å². The third kappa shape index (κ3) is 3.16. The summed E-state index contributed by atoms with van der Waals surface area (Å²) in [5, 5.41) is 0. The number of rotatable bonds is 4. The van der Waals surface area contributed by atoms with Crippen LogP contribution < -0.4 is 0 Å². The van der Waals surface area contributed by atoms with Crippen molar-refractivity contribution < 1.29 is 13.2 Å². The summed E-state index contributed by atoms with van der Waals surface area (Å²) in [5.41, 5.74) is 0.672. The van der Waals surface area contributed by atoms with Gasteiger partial charge < -0.3 is 0 Å². The Kier molecular flexibility index (Phi) is 4.08. The van der Waals surface area contributed by atoms with Crippen molar-refractivity contribution in [3.63, 3.8) is 0 Å². The molecule has 2 aromatic rings. The smallest absolute Gasteiger partial charge is 0.212 e. The zero-order chi connectivity index (χ0) is 14.9. The van der Waals surface area contributed by atoms with Gasteiger partial charge in [0.1, 0.15) is 5.75 Å². The van der Waals surface area contributed by atoms with Gasteiger partial charge in [0.25, 0.3) is 0 Å². The Morgan fingerprint density at radius 2 is 1.90 bits per heavy atom. The zero-order valence-corrected chi connectivity index (χ0v) is 13.3. The lowest BCUT2D eigenvalue weighted by Gasteiger charge is -2.19. The number of Topliss-reactive ketones (excluding diaryl/α,β-unsaturated/α-hetero) is 1. The number of fused-ring (bicyclic) bond motifs is 1. The van der Waals surface area contributed by atoms with Gasteiger partial charge in [-0.2, -0.15) is 0 Å². The molecule has 0 radical (unpaired) electrons. The molecule has 0 bridgehead atoms. The van der Waals surface area contributed by atoms with E-state index in [9.17, 15) is 13.2 Å². The molecule has 1 aromatic heterocycles. The van der Waals surface area contributed by atoms with E-state index in [-0.39, 0.29) is 16.0 Å². The molecular weight excluding hydrogens is 306 g/mol. The SMILES string of the molecule is O=C(CS(=O)(=O)c1nc2ccccc2s1)C1CCCCC1. The molecule has 1 aliphatic carbocycles. The number of sulfone groups is 1. The Labute approximate surface area is 128 Å². The molecule has 0 aliphatic heterocycles. The first-order chi connectivity index (χ1) is 10.1. The van der Waals surface area contributed by atoms with Crippen LogP contribution in [0.4, 0.5) is 0 Å². The van der Waals surface area contributed by atoms with Crippen LogP contribution in [0.25, 0.3) is 10.2 Å². The third-order valence-electron chi connectivity index (χ3n) is 3.93. The van der Waals surface area contributed by atoms with E-state index in [0.717, 1.165) is 48.1 Å². The normalized spacial score (nSPS) is 17.1. The van der Waals surface area contributed by atoms with Gasteiger partial charge in [0.15, 0.2) is 5.78 Å². The standard InChI is InChI=1S/C15H17NO3S2/c17-13(11-6-2-1-3-7-11)10-21(18,19)15-16-12-8-4-5-9-14(12)20-15/h4-5,8-9,11H,1-3,6-7,10H2. The largest absolute Gasteiger partial charge is 0.298 e. The summed E-state index contributed by atoms with van der Waals surface area (Å²) in [7, 11) is -3.61. The second-order valence-corrected chi connectivity index (χ2v) is 8.70. The summed E-state index contributed by atoms with van der Waals surface area (Å²) < 4.78 is 25.7. The van der Waals surface area contributed by atoms with Crippen LogP contribution in [-0.4, -0.2) is 24.9 Å². The molecule has 112 valence electrons. The van der Waals surface area contributed by atoms with Crippen LogP contribution in [0.15, 0.2) is 28.6 Å². The summed E-state index contributed by atoms with van der Waals surface area (Å²) in [6, 6.07) is 7.30. The maximum Gasteiger partial charge on any atom is 0.212 e. The van der Waals surface area contributed by atoms with Crippen LogP contribution in [0.5, 0.6) is 0 Å². The van der Waals surface area contributed by atoms with Gasteiger partial charge in [-0.15, -0.1) is 11.3 Å². The lowest BCUT2D eigenvalue weighted by Crippen LogP contribution is -2.25. The minimum atomic E-state index is -3.61. The van der Waals surface area contributed by atoms with Crippen molar-refractivity contribution >= 4 is 37.2 Å². The Morgan fingerprint density at radius 3 is 2.62 bits per heavy atom. The number of thiazole rings is 1. The fourth-order valence-corrected chi connectivity index (χ4v) is 5.40. The predicted molar refractivity (Wildman–Crippen MR) is 83.3 cm³/mol. The van der Waals surface area contributed by atoms with Crippen LogP contribution in [0.2, 0.25) is 0 Å². The van der Waals surface area contributed by atoms with Crippen molar-refractivity contribution in [1.82, 2.24) is 4.98 Å². The van der Waals surface area contributed by atoms with Gasteiger partial charge in [-0.1, -0.05) is 31.4 Å². The van der Waals surface area contributed by atoms with Gasteiger partial charge in [-0.05, 0) is 25.0 Å². The molecule has 1 aliphatic rings. The van der Waals surface area contributed by atoms with Crippen LogP contribution in [0.3, 0.4) is 0 Å². The van der Waals surface area contributed by atoms with E-state index in [1.165, 1.54) is 0 Å². The number of benzene rings is 1. The lowest BCUT2D eigenvalue weighted by atomic mass is 9.87. The van der Waals surface area contributed by atoms with Crippen LogP contribution >= 0.6 is 11.3 Å². The maximum atomic E-state index is 12.4. The molecule has 6 heteroatoms. The first kappa shape index (κ1) is 14.7. The summed E-state index contributed by atoms with van der Waals surface area (Å²) in [6.45, 7) is 0. The van der Waals surface area contributed by atoms with Gasteiger partial charge in [0.05, 0.1) is 10.2 Å². The molecule has 0 amide bonds. The Bertz CT molecular complexity index is 725. The average molecular weight is 323 g/mol. The van der Waals surface area contributed by atoms with E-state index in [0.29, 0.717) is 5.52 Å². The van der Waals surface area contributed by atoms with Crippen molar-refractivity contribution in [3.05, 3.63) is 24.3 Å². The Hall–Kier alpha value is -1.27. The molecule has 21 heavy (non-hydrogen) atoms. The summed E-state index contributed by atoms with van der Waals surface area (Å²) >= 11 is 1.14. The molecule has 0 saturated heterocycles. The van der Waals surface area contributed by atoms with Gasteiger partial charge in [0.2, 0.25) is 14.2 Å². The predicted octanol–water partition coefficient (Wildman–Crippen LogP) is 3.22. The number of para-hydroxylation sites is 1. The summed E-state index contributed by atoms with van der Waals surface area (Å²) in [4.78, 5) is 16.4. The topological polar surface area (TPSA) is 64.1 Å².